The number of hydrogen-bond donors (Lipinski definition) is 0. The van der Waals surface area contributed by atoms with Crippen LogP contribution >= 0.6 is 11.8 Å². The maximum absolute atomic E-state index is 5.71. The van der Waals surface area contributed by atoms with Gasteiger partial charge in [-0.15, -0.1) is 11.8 Å². The van der Waals surface area contributed by atoms with Gasteiger partial charge in [0.1, 0.15) is 5.75 Å². The van der Waals surface area contributed by atoms with E-state index < -0.39 is 0 Å². The quantitative estimate of drug-likeness (QED) is 0.701. The first-order chi connectivity index (χ1) is 11.9. The maximum atomic E-state index is 5.71. The summed E-state index contributed by atoms with van der Waals surface area (Å²) in [4.78, 5) is 6.77. The SMILES string of the molecule is COc1ccc2ccccc2c1C1SCCN1Cc1cccnc1. The Kier molecular flexibility index (Phi) is 4.41. The molecule has 1 saturated heterocycles. The Morgan fingerprint density at radius 3 is 2.92 bits per heavy atom. The highest BCUT2D eigenvalue weighted by molar-refractivity contribution is 7.99. The largest absolute Gasteiger partial charge is 0.496 e. The molecule has 4 heteroatoms. The van der Waals surface area contributed by atoms with Gasteiger partial charge in [0.15, 0.2) is 0 Å². The number of nitrogens with zero attached hydrogens (tertiary/aromatic N) is 2. The molecular formula is C20H20N2OS. The van der Waals surface area contributed by atoms with Crippen molar-refractivity contribution < 1.29 is 4.74 Å². The minimum absolute atomic E-state index is 0.311. The molecule has 4 rings (SSSR count). The minimum atomic E-state index is 0.311. The lowest BCUT2D eigenvalue weighted by molar-refractivity contribution is 0.277. The molecular weight excluding hydrogens is 316 g/mol. The van der Waals surface area contributed by atoms with Crippen LogP contribution in [0.15, 0.2) is 60.9 Å². The number of aromatic nitrogens is 1. The van der Waals surface area contributed by atoms with Gasteiger partial charge in [0, 0.05) is 36.8 Å². The Labute approximate surface area is 146 Å². The number of thioether (sulfide) groups is 1. The molecule has 1 unspecified atom stereocenters. The van der Waals surface area contributed by atoms with E-state index in [1.54, 1.807) is 7.11 Å². The Bertz CT molecular complexity index is 837. The van der Waals surface area contributed by atoms with Crippen LogP contribution in [0.25, 0.3) is 10.8 Å². The van der Waals surface area contributed by atoms with Gasteiger partial charge in [-0.25, -0.2) is 0 Å². The second-order valence-electron chi connectivity index (χ2n) is 5.96. The van der Waals surface area contributed by atoms with E-state index in [9.17, 15) is 0 Å². The summed E-state index contributed by atoms with van der Waals surface area (Å²) in [5, 5.41) is 2.86. The van der Waals surface area contributed by atoms with Crippen molar-refractivity contribution in [3.63, 3.8) is 0 Å². The molecule has 1 fully saturated rings. The fourth-order valence-corrected chi connectivity index (χ4v) is 4.73. The van der Waals surface area contributed by atoms with Gasteiger partial charge < -0.3 is 4.74 Å². The molecule has 0 radical (unpaired) electrons. The van der Waals surface area contributed by atoms with Crippen molar-refractivity contribution in [2.45, 2.75) is 11.9 Å². The molecule has 3 aromatic rings. The van der Waals surface area contributed by atoms with Crippen LogP contribution in [0.4, 0.5) is 0 Å². The van der Waals surface area contributed by atoms with Gasteiger partial charge >= 0.3 is 0 Å². The van der Waals surface area contributed by atoms with Crippen molar-refractivity contribution in [1.82, 2.24) is 9.88 Å². The van der Waals surface area contributed by atoms with Crippen LogP contribution in [0.1, 0.15) is 16.5 Å². The number of hydrogen-bond acceptors (Lipinski definition) is 4. The van der Waals surface area contributed by atoms with Crippen LogP contribution in [0.2, 0.25) is 0 Å². The molecule has 1 aliphatic heterocycles. The number of ether oxygens (including phenoxy) is 1. The summed E-state index contributed by atoms with van der Waals surface area (Å²) in [6.45, 7) is 1.99. The van der Waals surface area contributed by atoms with Crippen LogP contribution < -0.4 is 4.74 Å². The number of rotatable bonds is 4. The fourth-order valence-electron chi connectivity index (χ4n) is 3.37. The number of methoxy groups -OCH3 is 1. The van der Waals surface area contributed by atoms with E-state index in [1.165, 1.54) is 21.9 Å². The third-order valence-corrected chi connectivity index (χ3v) is 5.76. The number of benzene rings is 2. The molecule has 3 nitrogen and oxygen atoms in total. The van der Waals surface area contributed by atoms with Crippen molar-refractivity contribution in [1.29, 1.82) is 0 Å². The van der Waals surface area contributed by atoms with Gasteiger partial charge in [-0.05, 0) is 28.5 Å². The summed E-state index contributed by atoms with van der Waals surface area (Å²) in [5.74, 6) is 2.11. The molecule has 2 aromatic carbocycles. The molecule has 2 heterocycles. The summed E-state index contributed by atoms with van der Waals surface area (Å²) in [5.41, 5.74) is 2.55. The zero-order valence-corrected chi connectivity index (χ0v) is 14.5. The average molecular weight is 336 g/mol. The molecule has 0 bridgehead atoms. The first-order valence-electron chi connectivity index (χ1n) is 8.17. The molecule has 0 aliphatic carbocycles. The molecule has 1 aliphatic rings. The lowest BCUT2D eigenvalue weighted by Gasteiger charge is -2.26. The number of pyridine rings is 1. The molecule has 1 atom stereocenters. The van der Waals surface area contributed by atoms with E-state index in [2.05, 4.69) is 52.3 Å². The van der Waals surface area contributed by atoms with E-state index in [1.807, 2.05) is 30.2 Å². The summed E-state index contributed by atoms with van der Waals surface area (Å²) >= 11 is 1.99. The second kappa shape index (κ2) is 6.83. The van der Waals surface area contributed by atoms with Crippen LogP contribution in [-0.4, -0.2) is 29.3 Å². The van der Waals surface area contributed by atoms with E-state index in [4.69, 9.17) is 4.74 Å². The Balaban J connectivity index is 1.75. The topological polar surface area (TPSA) is 25.4 Å². The van der Waals surface area contributed by atoms with Crippen LogP contribution in [-0.2, 0) is 6.54 Å². The summed E-state index contributed by atoms with van der Waals surface area (Å²) in [7, 11) is 1.76. The van der Waals surface area contributed by atoms with Crippen molar-refractivity contribution in [2.75, 3.05) is 19.4 Å². The highest BCUT2D eigenvalue weighted by atomic mass is 32.2. The van der Waals surface area contributed by atoms with Gasteiger partial charge in [-0.2, -0.15) is 0 Å². The van der Waals surface area contributed by atoms with Gasteiger partial charge in [0.25, 0.3) is 0 Å². The van der Waals surface area contributed by atoms with E-state index in [-0.39, 0.29) is 0 Å². The second-order valence-corrected chi connectivity index (χ2v) is 7.15. The van der Waals surface area contributed by atoms with E-state index >= 15 is 0 Å². The Morgan fingerprint density at radius 2 is 2.08 bits per heavy atom. The number of fused-ring (bicyclic) bond motifs is 1. The lowest BCUT2D eigenvalue weighted by atomic mass is 10.0. The zero-order chi connectivity index (χ0) is 16.4. The third kappa shape index (κ3) is 2.87. The van der Waals surface area contributed by atoms with Gasteiger partial charge in [-0.1, -0.05) is 36.4 Å². The molecule has 1 aromatic heterocycles. The Morgan fingerprint density at radius 1 is 1.17 bits per heavy atom. The highest BCUT2D eigenvalue weighted by Crippen LogP contribution is 2.45. The highest BCUT2D eigenvalue weighted by Gasteiger charge is 2.30. The van der Waals surface area contributed by atoms with Crippen LogP contribution in [0.5, 0.6) is 5.75 Å². The summed E-state index contributed by atoms with van der Waals surface area (Å²) in [6.07, 6.45) is 3.79. The third-order valence-electron chi connectivity index (χ3n) is 4.49. The van der Waals surface area contributed by atoms with Gasteiger partial charge in [-0.3, -0.25) is 9.88 Å². The summed E-state index contributed by atoms with van der Waals surface area (Å²) < 4.78 is 5.71. The zero-order valence-electron chi connectivity index (χ0n) is 13.7. The van der Waals surface area contributed by atoms with E-state index in [0.717, 1.165) is 24.6 Å². The standard InChI is InChI=1S/C20H20N2OS/c1-23-18-9-8-16-6-2-3-7-17(16)19(18)20-22(11-12-24-20)14-15-5-4-10-21-13-15/h2-10,13,20H,11-12,14H2,1H3. The van der Waals surface area contributed by atoms with Gasteiger partial charge in [0.05, 0.1) is 12.5 Å². The average Bonchev–Trinajstić information content (AvgIpc) is 3.09. The van der Waals surface area contributed by atoms with Crippen molar-refractivity contribution >= 4 is 22.5 Å². The molecule has 0 amide bonds. The Hall–Kier alpha value is -2.04. The van der Waals surface area contributed by atoms with Crippen LogP contribution in [0, 0.1) is 0 Å². The predicted octanol–water partition coefficient (Wildman–Crippen LogP) is 4.49. The summed E-state index contributed by atoms with van der Waals surface area (Å²) in [6, 6.07) is 17.0. The normalized spacial score (nSPS) is 18.1. The molecule has 0 spiro atoms. The molecule has 24 heavy (non-hydrogen) atoms. The van der Waals surface area contributed by atoms with Gasteiger partial charge in [0.2, 0.25) is 0 Å². The minimum Gasteiger partial charge on any atom is -0.496 e. The first kappa shape index (κ1) is 15.5. The van der Waals surface area contributed by atoms with Crippen molar-refractivity contribution in [3.8, 4) is 5.75 Å². The maximum Gasteiger partial charge on any atom is 0.125 e. The monoisotopic (exact) mass is 336 g/mol. The lowest BCUT2D eigenvalue weighted by Crippen LogP contribution is -2.23. The van der Waals surface area contributed by atoms with E-state index in [0.29, 0.717) is 5.37 Å². The molecule has 0 N–H and O–H groups in total. The van der Waals surface area contributed by atoms with Crippen molar-refractivity contribution in [2.24, 2.45) is 0 Å². The first-order valence-corrected chi connectivity index (χ1v) is 9.22. The molecule has 0 saturated carbocycles. The smallest absolute Gasteiger partial charge is 0.125 e. The van der Waals surface area contributed by atoms with Crippen LogP contribution in [0.3, 0.4) is 0 Å². The molecule has 122 valence electrons. The predicted molar refractivity (Wildman–Crippen MR) is 100 cm³/mol. The van der Waals surface area contributed by atoms with Crippen molar-refractivity contribution in [3.05, 3.63) is 72.1 Å². The fraction of sp³-hybridized carbons (Fsp3) is 0.250.